The third-order valence-corrected chi connectivity index (χ3v) is 5.00. The van der Waals surface area contributed by atoms with Gasteiger partial charge in [-0.2, -0.15) is 0 Å². The third kappa shape index (κ3) is 5.44. The zero-order chi connectivity index (χ0) is 15.9. The summed E-state index contributed by atoms with van der Waals surface area (Å²) in [6.45, 7) is 2.51. The number of fused-ring (bicyclic) bond motifs is 1. The second kappa shape index (κ2) is 9.97. The van der Waals surface area contributed by atoms with Crippen molar-refractivity contribution in [2.45, 2.75) is 45.1 Å². The summed E-state index contributed by atoms with van der Waals surface area (Å²) in [6.07, 6.45) is 6.54. The van der Waals surface area contributed by atoms with Crippen molar-refractivity contribution < 1.29 is 0 Å². The van der Waals surface area contributed by atoms with Crippen LogP contribution in [0.3, 0.4) is 0 Å². The lowest BCUT2D eigenvalue weighted by molar-refractivity contribution is 0.601. The van der Waals surface area contributed by atoms with Crippen LogP contribution in [0.25, 0.3) is 0 Å². The van der Waals surface area contributed by atoms with Crippen molar-refractivity contribution in [1.29, 1.82) is 0 Å². The van der Waals surface area contributed by atoms with Gasteiger partial charge in [0.05, 0.1) is 0 Å². The summed E-state index contributed by atoms with van der Waals surface area (Å²) >= 11 is 1.76. The molecule has 2 aromatic heterocycles. The van der Waals surface area contributed by atoms with Crippen molar-refractivity contribution in [3.63, 3.8) is 0 Å². The SMILES string of the molecule is I.NC(=NCCc1cccs1)NCCc1nnc2n1CCCCC2. The van der Waals surface area contributed by atoms with E-state index >= 15 is 0 Å². The number of hydrogen-bond acceptors (Lipinski definition) is 4. The summed E-state index contributed by atoms with van der Waals surface area (Å²) in [5.74, 6) is 2.70. The molecule has 3 heterocycles. The van der Waals surface area contributed by atoms with Gasteiger partial charge in [0.15, 0.2) is 5.96 Å². The summed E-state index contributed by atoms with van der Waals surface area (Å²) in [4.78, 5) is 5.71. The largest absolute Gasteiger partial charge is 0.370 e. The van der Waals surface area contributed by atoms with Gasteiger partial charge in [0.2, 0.25) is 0 Å². The molecule has 132 valence electrons. The predicted molar refractivity (Wildman–Crippen MR) is 109 cm³/mol. The first-order chi connectivity index (χ1) is 11.3. The summed E-state index contributed by atoms with van der Waals surface area (Å²) in [5, 5.41) is 13.9. The quantitative estimate of drug-likeness (QED) is 0.394. The van der Waals surface area contributed by atoms with Crippen molar-refractivity contribution in [2.24, 2.45) is 10.7 Å². The average molecular weight is 460 g/mol. The minimum absolute atomic E-state index is 0. The van der Waals surface area contributed by atoms with E-state index in [9.17, 15) is 0 Å². The predicted octanol–water partition coefficient (Wildman–Crippen LogP) is 2.37. The van der Waals surface area contributed by atoms with Gasteiger partial charge in [-0.1, -0.05) is 12.5 Å². The van der Waals surface area contributed by atoms with E-state index in [0.29, 0.717) is 5.96 Å². The van der Waals surface area contributed by atoms with E-state index in [1.165, 1.54) is 24.1 Å². The van der Waals surface area contributed by atoms with Crippen molar-refractivity contribution in [3.8, 4) is 0 Å². The molecule has 2 aromatic rings. The number of rotatable bonds is 6. The highest BCUT2D eigenvalue weighted by Crippen LogP contribution is 2.14. The van der Waals surface area contributed by atoms with Crippen molar-refractivity contribution >= 4 is 41.3 Å². The average Bonchev–Trinajstić information content (AvgIpc) is 3.13. The molecular formula is C16H25IN6S. The highest BCUT2D eigenvalue weighted by atomic mass is 127. The van der Waals surface area contributed by atoms with Crippen LogP contribution in [0.15, 0.2) is 22.5 Å². The molecule has 0 bridgehead atoms. The van der Waals surface area contributed by atoms with E-state index in [2.05, 4.69) is 42.6 Å². The van der Waals surface area contributed by atoms with Crippen LogP contribution in [0.4, 0.5) is 0 Å². The summed E-state index contributed by atoms with van der Waals surface area (Å²) in [7, 11) is 0. The number of aryl methyl sites for hydroxylation is 1. The fourth-order valence-corrected chi connectivity index (χ4v) is 3.53. The number of nitrogens with one attached hydrogen (secondary N) is 1. The fourth-order valence-electron chi connectivity index (χ4n) is 2.83. The van der Waals surface area contributed by atoms with Crippen LogP contribution in [0.2, 0.25) is 0 Å². The molecule has 24 heavy (non-hydrogen) atoms. The van der Waals surface area contributed by atoms with Gasteiger partial charge in [-0.25, -0.2) is 0 Å². The summed E-state index contributed by atoms with van der Waals surface area (Å²) in [5.41, 5.74) is 5.91. The molecule has 0 radical (unpaired) electrons. The van der Waals surface area contributed by atoms with Crippen molar-refractivity contribution in [2.75, 3.05) is 13.1 Å². The van der Waals surface area contributed by atoms with Gasteiger partial charge in [-0.3, -0.25) is 4.99 Å². The molecular weight excluding hydrogens is 435 g/mol. The monoisotopic (exact) mass is 460 g/mol. The number of thiophene rings is 1. The van der Waals surface area contributed by atoms with E-state index in [0.717, 1.165) is 50.5 Å². The Balaban J connectivity index is 0.00000208. The Hall–Kier alpha value is -1.16. The van der Waals surface area contributed by atoms with Crippen LogP contribution in [-0.2, 0) is 25.8 Å². The number of aromatic nitrogens is 3. The second-order valence-corrected chi connectivity index (χ2v) is 6.80. The lowest BCUT2D eigenvalue weighted by Gasteiger charge is -2.08. The fraction of sp³-hybridized carbons (Fsp3) is 0.562. The topological polar surface area (TPSA) is 81.1 Å². The summed E-state index contributed by atoms with van der Waals surface area (Å²) < 4.78 is 2.28. The molecule has 0 spiro atoms. The first kappa shape index (κ1) is 19.2. The molecule has 3 N–H and O–H groups in total. The van der Waals surface area contributed by atoms with Crippen LogP contribution >= 0.6 is 35.3 Å². The zero-order valence-electron chi connectivity index (χ0n) is 13.8. The molecule has 3 rings (SSSR count). The van der Waals surface area contributed by atoms with Crippen molar-refractivity contribution in [1.82, 2.24) is 20.1 Å². The summed E-state index contributed by atoms with van der Waals surface area (Å²) in [6, 6.07) is 4.19. The number of aliphatic imine (C=N–C) groups is 1. The lowest BCUT2D eigenvalue weighted by Crippen LogP contribution is -2.33. The molecule has 0 unspecified atom stereocenters. The standard InChI is InChI=1S/C16H24N6S.HI/c17-16(18-9-7-13-5-4-12-23-13)19-10-8-15-21-20-14-6-2-1-3-11-22(14)15;/h4-5,12H,1-3,6-11H2,(H3,17,18,19);1H. The van der Waals surface area contributed by atoms with Crippen LogP contribution < -0.4 is 11.1 Å². The molecule has 0 fully saturated rings. The maximum atomic E-state index is 5.91. The highest BCUT2D eigenvalue weighted by Gasteiger charge is 2.14. The maximum absolute atomic E-state index is 5.91. The van der Waals surface area contributed by atoms with E-state index in [4.69, 9.17) is 5.73 Å². The molecule has 1 aliphatic rings. The van der Waals surface area contributed by atoms with Gasteiger partial charge in [-0.05, 0) is 24.3 Å². The van der Waals surface area contributed by atoms with Gasteiger partial charge >= 0.3 is 0 Å². The Morgan fingerprint density at radius 1 is 1.29 bits per heavy atom. The molecule has 1 aliphatic heterocycles. The molecule has 0 aromatic carbocycles. The Morgan fingerprint density at radius 2 is 2.21 bits per heavy atom. The van der Waals surface area contributed by atoms with Gasteiger partial charge in [0.1, 0.15) is 11.6 Å². The van der Waals surface area contributed by atoms with Gasteiger partial charge in [0, 0.05) is 43.8 Å². The Labute approximate surface area is 164 Å². The van der Waals surface area contributed by atoms with Crippen LogP contribution in [-0.4, -0.2) is 33.8 Å². The van der Waals surface area contributed by atoms with E-state index in [1.54, 1.807) is 11.3 Å². The zero-order valence-corrected chi connectivity index (χ0v) is 16.9. The van der Waals surface area contributed by atoms with Crippen LogP contribution in [0, 0.1) is 0 Å². The number of nitrogens with zero attached hydrogens (tertiary/aromatic N) is 4. The van der Waals surface area contributed by atoms with Gasteiger partial charge in [-0.15, -0.1) is 45.5 Å². The van der Waals surface area contributed by atoms with Gasteiger partial charge < -0.3 is 15.6 Å². The first-order valence-corrected chi connectivity index (χ1v) is 9.18. The highest BCUT2D eigenvalue weighted by molar-refractivity contribution is 14.0. The number of halogens is 1. The number of guanidine groups is 1. The van der Waals surface area contributed by atoms with Crippen molar-refractivity contribution in [3.05, 3.63) is 34.0 Å². The maximum Gasteiger partial charge on any atom is 0.188 e. The van der Waals surface area contributed by atoms with Gasteiger partial charge in [0.25, 0.3) is 0 Å². The number of hydrogen-bond donors (Lipinski definition) is 2. The molecule has 0 saturated carbocycles. The lowest BCUT2D eigenvalue weighted by atomic mass is 10.2. The Morgan fingerprint density at radius 3 is 3.04 bits per heavy atom. The van der Waals surface area contributed by atoms with E-state index in [-0.39, 0.29) is 24.0 Å². The van der Waals surface area contributed by atoms with Crippen LogP contribution in [0.1, 0.15) is 35.8 Å². The van der Waals surface area contributed by atoms with E-state index < -0.39 is 0 Å². The molecule has 6 nitrogen and oxygen atoms in total. The normalized spacial score (nSPS) is 14.6. The minimum Gasteiger partial charge on any atom is -0.370 e. The molecule has 0 amide bonds. The van der Waals surface area contributed by atoms with Crippen LogP contribution in [0.5, 0.6) is 0 Å². The Kier molecular flexibility index (Phi) is 7.97. The molecule has 0 atom stereocenters. The molecule has 8 heteroatoms. The number of nitrogens with two attached hydrogens (primary N) is 1. The second-order valence-electron chi connectivity index (χ2n) is 5.77. The Bertz CT molecular complexity index is 637. The minimum atomic E-state index is 0. The molecule has 0 saturated heterocycles. The molecule has 0 aliphatic carbocycles. The smallest absolute Gasteiger partial charge is 0.188 e. The van der Waals surface area contributed by atoms with E-state index in [1.807, 2.05) is 0 Å². The first-order valence-electron chi connectivity index (χ1n) is 8.30. The third-order valence-electron chi connectivity index (χ3n) is 4.06.